The third kappa shape index (κ3) is 2.35. The molecule has 2 unspecified atom stereocenters. The first-order chi connectivity index (χ1) is 8.52. The molecule has 18 heavy (non-hydrogen) atoms. The van der Waals surface area contributed by atoms with Crippen LogP contribution in [0.3, 0.4) is 0 Å². The van der Waals surface area contributed by atoms with E-state index in [1.165, 1.54) is 0 Å². The van der Waals surface area contributed by atoms with Crippen molar-refractivity contribution >= 4 is 11.6 Å². The topological polar surface area (TPSA) is 38.3 Å². The van der Waals surface area contributed by atoms with Crippen molar-refractivity contribution in [3.8, 4) is 5.75 Å². The summed E-state index contributed by atoms with van der Waals surface area (Å²) in [6.07, 6.45) is 1.05. The van der Waals surface area contributed by atoms with E-state index in [0.717, 1.165) is 23.4 Å². The maximum Gasteiger partial charge on any atom is 0.232 e. The number of anilines is 1. The van der Waals surface area contributed by atoms with Gasteiger partial charge in [-0.15, -0.1) is 0 Å². The largest absolute Gasteiger partial charge is 0.497 e. The Morgan fingerprint density at radius 2 is 2.06 bits per heavy atom. The molecule has 1 N–H and O–H groups in total. The van der Waals surface area contributed by atoms with Crippen molar-refractivity contribution in [3.05, 3.63) is 23.8 Å². The van der Waals surface area contributed by atoms with Gasteiger partial charge in [0.2, 0.25) is 5.91 Å². The summed E-state index contributed by atoms with van der Waals surface area (Å²) in [7, 11) is 1.65. The highest BCUT2D eigenvalue weighted by Crippen LogP contribution is 2.41. The standard InChI is InChI=1S/C15H21NO2/c1-9(2)7-10(3)14-12-8-11(18-4)5-6-13(12)16-15(14)17/h5-6,8-10,14H,7H2,1-4H3,(H,16,17). The quantitative estimate of drug-likeness (QED) is 0.885. The minimum Gasteiger partial charge on any atom is -0.497 e. The highest BCUT2D eigenvalue weighted by molar-refractivity contribution is 6.03. The van der Waals surface area contributed by atoms with Gasteiger partial charge in [0, 0.05) is 5.69 Å². The lowest BCUT2D eigenvalue weighted by atomic mass is 9.83. The Morgan fingerprint density at radius 3 is 2.67 bits per heavy atom. The average molecular weight is 247 g/mol. The van der Waals surface area contributed by atoms with Crippen LogP contribution in [0.5, 0.6) is 5.75 Å². The first-order valence-corrected chi connectivity index (χ1v) is 6.51. The lowest BCUT2D eigenvalue weighted by Crippen LogP contribution is -2.20. The molecule has 1 aliphatic rings. The molecule has 0 bridgehead atoms. The van der Waals surface area contributed by atoms with Gasteiger partial charge in [0.05, 0.1) is 13.0 Å². The molecule has 1 aliphatic heterocycles. The Kier molecular flexibility index (Phi) is 3.60. The van der Waals surface area contributed by atoms with Crippen LogP contribution in [0.15, 0.2) is 18.2 Å². The Hall–Kier alpha value is -1.51. The monoisotopic (exact) mass is 247 g/mol. The van der Waals surface area contributed by atoms with Crippen molar-refractivity contribution in [1.82, 2.24) is 0 Å². The van der Waals surface area contributed by atoms with Crippen LogP contribution in [0, 0.1) is 11.8 Å². The maximum absolute atomic E-state index is 12.1. The zero-order chi connectivity index (χ0) is 13.3. The smallest absolute Gasteiger partial charge is 0.232 e. The van der Waals surface area contributed by atoms with Crippen LogP contribution < -0.4 is 10.1 Å². The minimum atomic E-state index is -0.0440. The Bertz CT molecular complexity index is 454. The summed E-state index contributed by atoms with van der Waals surface area (Å²) >= 11 is 0. The number of benzene rings is 1. The van der Waals surface area contributed by atoms with Gasteiger partial charge in [-0.25, -0.2) is 0 Å². The van der Waals surface area contributed by atoms with Gasteiger partial charge in [-0.3, -0.25) is 4.79 Å². The van der Waals surface area contributed by atoms with E-state index in [-0.39, 0.29) is 11.8 Å². The summed E-state index contributed by atoms with van der Waals surface area (Å²) in [6.45, 7) is 6.53. The molecule has 0 aromatic heterocycles. The number of hydrogen-bond acceptors (Lipinski definition) is 2. The SMILES string of the molecule is COc1ccc2c(c1)C(C(C)CC(C)C)C(=O)N2. The van der Waals surface area contributed by atoms with Crippen molar-refractivity contribution in [1.29, 1.82) is 0 Å². The molecular formula is C15H21NO2. The lowest BCUT2D eigenvalue weighted by molar-refractivity contribution is -0.118. The molecule has 1 heterocycles. The van der Waals surface area contributed by atoms with Gasteiger partial charge in [-0.1, -0.05) is 20.8 Å². The fourth-order valence-corrected chi connectivity index (χ4v) is 2.84. The number of carbonyl (C=O) groups is 1. The zero-order valence-corrected chi connectivity index (χ0v) is 11.5. The highest BCUT2D eigenvalue weighted by atomic mass is 16.5. The molecule has 1 aromatic rings. The Morgan fingerprint density at radius 1 is 1.33 bits per heavy atom. The molecule has 0 radical (unpaired) electrons. The molecule has 0 saturated heterocycles. The van der Waals surface area contributed by atoms with Crippen molar-refractivity contribution < 1.29 is 9.53 Å². The van der Waals surface area contributed by atoms with Gasteiger partial charge in [0.15, 0.2) is 0 Å². The molecule has 3 nitrogen and oxygen atoms in total. The number of hydrogen-bond donors (Lipinski definition) is 1. The van der Waals surface area contributed by atoms with Crippen molar-refractivity contribution in [3.63, 3.8) is 0 Å². The number of methoxy groups -OCH3 is 1. The molecule has 1 aromatic carbocycles. The minimum absolute atomic E-state index is 0.0440. The average Bonchev–Trinajstić information content (AvgIpc) is 2.62. The fourth-order valence-electron chi connectivity index (χ4n) is 2.84. The Balaban J connectivity index is 2.31. The van der Waals surface area contributed by atoms with Gasteiger partial charge in [0.25, 0.3) is 0 Å². The van der Waals surface area contributed by atoms with Gasteiger partial charge >= 0.3 is 0 Å². The summed E-state index contributed by atoms with van der Waals surface area (Å²) in [6, 6.07) is 5.79. The normalized spacial score (nSPS) is 19.6. The van der Waals surface area contributed by atoms with Crippen LogP contribution in [0.4, 0.5) is 5.69 Å². The Labute approximate surface area is 109 Å². The predicted molar refractivity (Wildman–Crippen MR) is 73.0 cm³/mol. The number of rotatable bonds is 4. The summed E-state index contributed by atoms with van der Waals surface area (Å²) < 4.78 is 5.24. The van der Waals surface area contributed by atoms with Crippen LogP contribution >= 0.6 is 0 Å². The third-order valence-corrected chi connectivity index (χ3v) is 3.55. The van der Waals surface area contributed by atoms with Crippen molar-refractivity contribution in [2.24, 2.45) is 11.8 Å². The second kappa shape index (κ2) is 5.01. The third-order valence-electron chi connectivity index (χ3n) is 3.55. The second-order valence-electron chi connectivity index (χ2n) is 5.53. The van der Waals surface area contributed by atoms with E-state index in [1.807, 2.05) is 18.2 Å². The first kappa shape index (κ1) is 12.9. The number of carbonyl (C=O) groups excluding carboxylic acids is 1. The van der Waals surface area contributed by atoms with E-state index < -0.39 is 0 Å². The maximum atomic E-state index is 12.1. The molecule has 0 spiro atoms. The molecule has 2 rings (SSSR count). The molecule has 2 atom stereocenters. The summed E-state index contributed by atoms with van der Waals surface area (Å²) in [5.74, 6) is 1.83. The van der Waals surface area contributed by atoms with Gasteiger partial charge < -0.3 is 10.1 Å². The van der Waals surface area contributed by atoms with E-state index in [0.29, 0.717) is 11.8 Å². The molecule has 3 heteroatoms. The molecule has 1 amide bonds. The van der Waals surface area contributed by atoms with Crippen LogP contribution in [0.25, 0.3) is 0 Å². The van der Waals surface area contributed by atoms with Crippen LogP contribution in [-0.4, -0.2) is 13.0 Å². The summed E-state index contributed by atoms with van der Waals surface area (Å²) in [5.41, 5.74) is 2.01. The van der Waals surface area contributed by atoms with E-state index in [4.69, 9.17) is 4.74 Å². The van der Waals surface area contributed by atoms with E-state index in [9.17, 15) is 4.79 Å². The summed E-state index contributed by atoms with van der Waals surface area (Å²) in [5, 5.41) is 2.96. The number of nitrogens with one attached hydrogen (secondary N) is 1. The molecule has 0 fully saturated rings. The first-order valence-electron chi connectivity index (χ1n) is 6.51. The lowest BCUT2D eigenvalue weighted by Gasteiger charge is -2.20. The van der Waals surface area contributed by atoms with Gasteiger partial charge in [-0.05, 0) is 42.0 Å². The number of fused-ring (bicyclic) bond motifs is 1. The van der Waals surface area contributed by atoms with Gasteiger partial charge in [0.1, 0.15) is 5.75 Å². The zero-order valence-electron chi connectivity index (χ0n) is 11.5. The predicted octanol–water partition coefficient (Wildman–Crippen LogP) is 3.41. The van der Waals surface area contributed by atoms with Gasteiger partial charge in [-0.2, -0.15) is 0 Å². The summed E-state index contributed by atoms with van der Waals surface area (Å²) in [4.78, 5) is 12.1. The van der Waals surface area contributed by atoms with Crippen molar-refractivity contribution in [2.75, 3.05) is 12.4 Å². The fraction of sp³-hybridized carbons (Fsp3) is 0.533. The second-order valence-corrected chi connectivity index (χ2v) is 5.53. The van der Waals surface area contributed by atoms with E-state index in [1.54, 1.807) is 7.11 Å². The number of ether oxygens (including phenoxy) is 1. The highest BCUT2D eigenvalue weighted by Gasteiger charge is 2.35. The van der Waals surface area contributed by atoms with Crippen LogP contribution in [0.1, 0.15) is 38.7 Å². The van der Waals surface area contributed by atoms with Crippen LogP contribution in [0.2, 0.25) is 0 Å². The number of amides is 1. The van der Waals surface area contributed by atoms with Crippen LogP contribution in [-0.2, 0) is 4.79 Å². The molecule has 0 aliphatic carbocycles. The van der Waals surface area contributed by atoms with Crippen molar-refractivity contribution in [2.45, 2.75) is 33.1 Å². The molecule has 98 valence electrons. The molecule has 0 saturated carbocycles. The van der Waals surface area contributed by atoms with E-state index in [2.05, 4.69) is 26.1 Å². The molecular weight excluding hydrogens is 226 g/mol. The van der Waals surface area contributed by atoms with E-state index >= 15 is 0 Å².